The maximum Gasteiger partial charge on any atom is 0.274 e. The SMILES string of the molecule is CC(C)C1CCCN1C(=O)c1nc(Cl)ccc1Cl. The van der Waals surface area contributed by atoms with Gasteiger partial charge in [0.2, 0.25) is 0 Å². The predicted octanol–water partition coefficient (Wildman–Crippen LogP) is 3.65. The number of pyridine rings is 1. The first-order valence-electron chi connectivity index (χ1n) is 6.13. The number of aromatic nitrogens is 1. The van der Waals surface area contributed by atoms with Gasteiger partial charge in [0.1, 0.15) is 10.8 Å². The Hall–Kier alpha value is -0.800. The number of likely N-dealkylation sites (tertiary alicyclic amines) is 1. The summed E-state index contributed by atoms with van der Waals surface area (Å²) in [6.45, 7) is 5.03. The molecule has 0 aromatic carbocycles. The quantitative estimate of drug-likeness (QED) is 0.778. The molecule has 1 saturated heterocycles. The van der Waals surface area contributed by atoms with Gasteiger partial charge < -0.3 is 4.90 Å². The molecule has 1 unspecified atom stereocenters. The van der Waals surface area contributed by atoms with Crippen molar-refractivity contribution in [1.82, 2.24) is 9.88 Å². The Labute approximate surface area is 117 Å². The Balaban J connectivity index is 2.28. The van der Waals surface area contributed by atoms with E-state index in [4.69, 9.17) is 23.2 Å². The van der Waals surface area contributed by atoms with Gasteiger partial charge in [-0.05, 0) is 30.9 Å². The molecule has 1 atom stereocenters. The molecule has 0 N–H and O–H groups in total. The summed E-state index contributed by atoms with van der Waals surface area (Å²) in [4.78, 5) is 18.4. The van der Waals surface area contributed by atoms with E-state index in [1.807, 2.05) is 4.90 Å². The smallest absolute Gasteiger partial charge is 0.274 e. The molecule has 1 amide bonds. The van der Waals surface area contributed by atoms with Gasteiger partial charge >= 0.3 is 0 Å². The number of nitrogens with zero attached hydrogens (tertiary/aromatic N) is 2. The van der Waals surface area contributed by atoms with Crippen molar-refractivity contribution in [2.24, 2.45) is 5.92 Å². The largest absolute Gasteiger partial charge is 0.334 e. The van der Waals surface area contributed by atoms with Crippen molar-refractivity contribution in [3.05, 3.63) is 28.0 Å². The van der Waals surface area contributed by atoms with Crippen LogP contribution in [0.5, 0.6) is 0 Å². The topological polar surface area (TPSA) is 33.2 Å². The van der Waals surface area contributed by atoms with E-state index >= 15 is 0 Å². The van der Waals surface area contributed by atoms with Crippen LogP contribution in [0.4, 0.5) is 0 Å². The second-order valence-corrected chi connectivity index (χ2v) is 5.71. The maximum absolute atomic E-state index is 12.5. The van der Waals surface area contributed by atoms with Gasteiger partial charge in [-0.15, -0.1) is 0 Å². The lowest BCUT2D eigenvalue weighted by molar-refractivity contribution is 0.0696. The number of carbonyl (C=O) groups excluding carboxylic acids is 1. The minimum Gasteiger partial charge on any atom is -0.334 e. The predicted molar refractivity (Wildman–Crippen MR) is 73.2 cm³/mol. The zero-order valence-corrected chi connectivity index (χ0v) is 12.0. The van der Waals surface area contributed by atoms with Crippen molar-refractivity contribution in [2.45, 2.75) is 32.7 Å². The van der Waals surface area contributed by atoms with Gasteiger partial charge in [0.15, 0.2) is 0 Å². The van der Waals surface area contributed by atoms with Crippen molar-refractivity contribution in [1.29, 1.82) is 0 Å². The van der Waals surface area contributed by atoms with E-state index in [0.29, 0.717) is 16.1 Å². The van der Waals surface area contributed by atoms with Crippen molar-refractivity contribution < 1.29 is 4.79 Å². The van der Waals surface area contributed by atoms with Crippen LogP contribution in [0.15, 0.2) is 12.1 Å². The van der Waals surface area contributed by atoms with Gasteiger partial charge in [0.05, 0.1) is 5.02 Å². The molecule has 0 bridgehead atoms. The summed E-state index contributed by atoms with van der Waals surface area (Å²) in [7, 11) is 0. The lowest BCUT2D eigenvalue weighted by atomic mass is 10.0. The molecular formula is C13H16Cl2N2O. The van der Waals surface area contributed by atoms with E-state index < -0.39 is 0 Å². The van der Waals surface area contributed by atoms with Gasteiger partial charge in [-0.1, -0.05) is 37.0 Å². The first-order chi connectivity index (χ1) is 8.50. The van der Waals surface area contributed by atoms with Gasteiger partial charge in [-0.3, -0.25) is 4.79 Å². The fourth-order valence-corrected chi connectivity index (χ4v) is 2.78. The molecule has 0 spiro atoms. The molecule has 1 aromatic heterocycles. The Kier molecular flexibility index (Phi) is 4.13. The van der Waals surface area contributed by atoms with Crippen LogP contribution in [0.25, 0.3) is 0 Å². The van der Waals surface area contributed by atoms with Gasteiger partial charge in [-0.25, -0.2) is 4.98 Å². The third kappa shape index (κ3) is 2.62. The third-order valence-corrected chi connectivity index (χ3v) is 3.86. The van der Waals surface area contributed by atoms with E-state index in [1.165, 1.54) is 0 Å². The summed E-state index contributed by atoms with van der Waals surface area (Å²) in [5, 5.41) is 0.654. The first-order valence-corrected chi connectivity index (χ1v) is 6.89. The molecule has 18 heavy (non-hydrogen) atoms. The summed E-state index contributed by atoms with van der Waals surface area (Å²) in [5.41, 5.74) is 0.261. The van der Waals surface area contributed by atoms with E-state index in [2.05, 4.69) is 18.8 Å². The molecule has 0 aliphatic carbocycles. The van der Waals surface area contributed by atoms with E-state index in [-0.39, 0.29) is 17.6 Å². The molecule has 5 heteroatoms. The van der Waals surface area contributed by atoms with Crippen LogP contribution < -0.4 is 0 Å². The lowest BCUT2D eigenvalue weighted by Crippen LogP contribution is -2.39. The van der Waals surface area contributed by atoms with Gasteiger partial charge in [-0.2, -0.15) is 0 Å². The van der Waals surface area contributed by atoms with E-state index in [0.717, 1.165) is 19.4 Å². The highest BCUT2D eigenvalue weighted by atomic mass is 35.5. The molecular weight excluding hydrogens is 271 g/mol. The van der Waals surface area contributed by atoms with E-state index in [9.17, 15) is 4.79 Å². The van der Waals surface area contributed by atoms with Gasteiger partial charge in [0, 0.05) is 12.6 Å². The van der Waals surface area contributed by atoms with Crippen molar-refractivity contribution >= 4 is 29.1 Å². The molecule has 1 fully saturated rings. The highest BCUT2D eigenvalue weighted by molar-refractivity contribution is 6.34. The van der Waals surface area contributed by atoms with Crippen molar-refractivity contribution in [3.63, 3.8) is 0 Å². The minimum atomic E-state index is -0.112. The summed E-state index contributed by atoms with van der Waals surface area (Å²) in [5.74, 6) is 0.327. The average molecular weight is 287 g/mol. The van der Waals surface area contributed by atoms with Crippen LogP contribution >= 0.6 is 23.2 Å². The second kappa shape index (κ2) is 5.45. The summed E-state index contributed by atoms with van der Waals surface area (Å²) >= 11 is 11.9. The van der Waals surface area contributed by atoms with Crippen LogP contribution in [-0.2, 0) is 0 Å². The third-order valence-electron chi connectivity index (χ3n) is 3.34. The second-order valence-electron chi connectivity index (χ2n) is 4.92. The van der Waals surface area contributed by atoms with Crippen LogP contribution in [0.2, 0.25) is 10.2 Å². The molecule has 1 aliphatic rings. The first kappa shape index (κ1) is 13.6. The van der Waals surface area contributed by atoms with Crippen LogP contribution in [0.3, 0.4) is 0 Å². The van der Waals surface area contributed by atoms with Crippen LogP contribution in [0.1, 0.15) is 37.2 Å². The Bertz CT molecular complexity index is 462. The Morgan fingerprint density at radius 1 is 1.44 bits per heavy atom. The fraction of sp³-hybridized carbons (Fsp3) is 0.538. The zero-order chi connectivity index (χ0) is 13.3. The summed E-state index contributed by atoms with van der Waals surface area (Å²) in [6, 6.07) is 3.48. The monoisotopic (exact) mass is 286 g/mol. The molecule has 2 heterocycles. The number of rotatable bonds is 2. The number of hydrogen-bond donors (Lipinski definition) is 0. The molecule has 3 nitrogen and oxygen atoms in total. The maximum atomic E-state index is 12.5. The number of amides is 1. The average Bonchev–Trinajstić information content (AvgIpc) is 2.80. The number of carbonyl (C=O) groups is 1. The molecule has 2 rings (SSSR count). The minimum absolute atomic E-state index is 0.112. The standard InChI is InChI=1S/C13H16Cl2N2O/c1-8(2)10-4-3-7-17(10)13(18)12-9(14)5-6-11(15)16-12/h5-6,8,10H,3-4,7H2,1-2H3. The molecule has 0 saturated carbocycles. The summed E-state index contributed by atoms with van der Waals surface area (Å²) in [6.07, 6.45) is 2.08. The van der Waals surface area contributed by atoms with Crippen LogP contribution in [-0.4, -0.2) is 28.4 Å². The molecule has 0 radical (unpaired) electrons. The Morgan fingerprint density at radius 3 is 2.83 bits per heavy atom. The number of hydrogen-bond acceptors (Lipinski definition) is 2. The normalized spacial score (nSPS) is 19.6. The van der Waals surface area contributed by atoms with Crippen LogP contribution in [0, 0.1) is 5.92 Å². The highest BCUT2D eigenvalue weighted by Crippen LogP contribution is 2.27. The lowest BCUT2D eigenvalue weighted by Gasteiger charge is -2.27. The molecule has 1 aromatic rings. The number of halogens is 2. The Morgan fingerprint density at radius 2 is 2.17 bits per heavy atom. The van der Waals surface area contributed by atoms with E-state index in [1.54, 1.807) is 12.1 Å². The fourth-order valence-electron chi connectivity index (χ4n) is 2.44. The summed E-state index contributed by atoms with van der Waals surface area (Å²) < 4.78 is 0. The molecule has 1 aliphatic heterocycles. The van der Waals surface area contributed by atoms with Crippen molar-refractivity contribution in [2.75, 3.05) is 6.54 Å². The molecule has 98 valence electrons. The van der Waals surface area contributed by atoms with Crippen molar-refractivity contribution in [3.8, 4) is 0 Å². The zero-order valence-electron chi connectivity index (χ0n) is 10.5. The highest BCUT2D eigenvalue weighted by Gasteiger charge is 2.32. The van der Waals surface area contributed by atoms with Gasteiger partial charge in [0.25, 0.3) is 5.91 Å².